The van der Waals surface area contributed by atoms with Gasteiger partial charge < -0.3 is 18.6 Å². The zero-order chi connectivity index (χ0) is 61.8. The Labute approximate surface area is 542 Å². The van der Waals surface area contributed by atoms with Crippen molar-refractivity contribution in [2.75, 3.05) is 9.80 Å². The smallest absolute Gasteiger partial charge is 0.143 e. The van der Waals surface area contributed by atoms with Crippen LogP contribution >= 0.6 is 0 Å². The van der Waals surface area contributed by atoms with E-state index >= 15 is 0 Å². The number of benzene rings is 17. The van der Waals surface area contributed by atoms with Crippen molar-refractivity contribution in [3.63, 3.8) is 0 Å². The molecule has 4 heteroatoms. The molecule has 19 aromatic rings. The summed E-state index contributed by atoms with van der Waals surface area (Å²) in [4.78, 5) is 4.81. The third-order valence-electron chi connectivity index (χ3n) is 19.4. The molecule has 0 amide bonds. The van der Waals surface area contributed by atoms with Gasteiger partial charge in [-0.3, -0.25) is 0 Å². The summed E-state index contributed by atoms with van der Waals surface area (Å²) in [6, 6.07) is 123. The van der Waals surface area contributed by atoms with E-state index in [-0.39, 0.29) is 0 Å². The van der Waals surface area contributed by atoms with E-state index in [2.05, 4.69) is 350 Å². The number of fused-ring (bicyclic) bond motifs is 16. The number of nitrogens with zero attached hydrogens (tertiary/aromatic N) is 2. The number of para-hydroxylation sites is 3. The Balaban J connectivity index is 0.659. The van der Waals surface area contributed by atoms with Crippen molar-refractivity contribution in [3.05, 3.63) is 340 Å². The molecule has 4 nitrogen and oxygen atoms in total. The molecule has 0 aliphatic carbocycles. The minimum atomic E-state index is 0.847. The predicted octanol–water partition coefficient (Wildman–Crippen LogP) is 26.0. The molecule has 0 aliphatic rings. The van der Waals surface area contributed by atoms with Crippen molar-refractivity contribution < 1.29 is 8.83 Å². The molecule has 2 heterocycles. The lowest BCUT2D eigenvalue weighted by atomic mass is 9.94. The Kier molecular flexibility index (Phi) is 12.3. The van der Waals surface area contributed by atoms with Gasteiger partial charge in [0.05, 0.1) is 11.4 Å². The molecule has 0 bridgehead atoms. The van der Waals surface area contributed by atoms with E-state index in [4.69, 9.17) is 8.83 Å². The predicted molar refractivity (Wildman–Crippen MR) is 397 cm³/mol. The molecule has 17 aromatic carbocycles. The number of anilines is 6. The number of furan rings is 2. The van der Waals surface area contributed by atoms with E-state index in [1.165, 1.54) is 70.2 Å². The Hall–Kier alpha value is -12.5. The van der Waals surface area contributed by atoms with Crippen LogP contribution in [-0.2, 0) is 0 Å². The van der Waals surface area contributed by atoms with Crippen molar-refractivity contribution in [2.45, 2.75) is 0 Å². The third-order valence-corrected chi connectivity index (χ3v) is 19.4. The van der Waals surface area contributed by atoms with Crippen molar-refractivity contribution in [2.24, 2.45) is 0 Å². The lowest BCUT2D eigenvalue weighted by Crippen LogP contribution is -2.11. The summed E-state index contributed by atoms with van der Waals surface area (Å²) in [5.41, 5.74) is 18.8. The third kappa shape index (κ3) is 8.69. The Morgan fingerprint density at radius 2 is 0.553 bits per heavy atom. The largest absolute Gasteiger partial charge is 0.455 e. The highest BCUT2D eigenvalue weighted by Gasteiger charge is 2.23. The molecule has 2 aromatic heterocycles. The Morgan fingerprint density at radius 1 is 0.191 bits per heavy atom. The van der Waals surface area contributed by atoms with Crippen molar-refractivity contribution in [3.8, 4) is 44.5 Å². The molecule has 0 spiro atoms. The van der Waals surface area contributed by atoms with Gasteiger partial charge in [0, 0.05) is 66.2 Å². The zero-order valence-corrected chi connectivity index (χ0v) is 51.0. The molecule has 0 aliphatic heterocycles. The van der Waals surface area contributed by atoms with E-state index in [9.17, 15) is 0 Å². The van der Waals surface area contributed by atoms with Gasteiger partial charge >= 0.3 is 0 Å². The highest BCUT2D eigenvalue weighted by atomic mass is 16.3. The summed E-state index contributed by atoms with van der Waals surface area (Å²) in [6.45, 7) is 0. The molecule has 0 atom stereocenters. The summed E-state index contributed by atoms with van der Waals surface area (Å²) in [5, 5.41) is 19.1. The Bertz CT molecular complexity index is 6230. The quantitative estimate of drug-likeness (QED) is 0.128. The van der Waals surface area contributed by atoms with Crippen LogP contribution in [0.2, 0.25) is 0 Å². The van der Waals surface area contributed by atoms with E-state index < -0.39 is 0 Å². The number of hydrogen-bond acceptors (Lipinski definition) is 4. The van der Waals surface area contributed by atoms with Crippen LogP contribution in [-0.4, -0.2) is 0 Å². The highest BCUT2D eigenvalue weighted by molar-refractivity contribution is 6.25. The minimum absolute atomic E-state index is 0.847. The maximum atomic E-state index is 6.87. The van der Waals surface area contributed by atoms with Gasteiger partial charge in [0.1, 0.15) is 22.3 Å². The monoisotopic (exact) mass is 1200 g/mol. The molecule has 0 saturated heterocycles. The van der Waals surface area contributed by atoms with Crippen LogP contribution in [0.5, 0.6) is 0 Å². The van der Waals surface area contributed by atoms with Crippen LogP contribution in [0, 0.1) is 0 Å². The fourth-order valence-electron chi connectivity index (χ4n) is 15.0. The number of rotatable bonds is 10. The topological polar surface area (TPSA) is 32.8 Å². The second-order valence-electron chi connectivity index (χ2n) is 24.7. The van der Waals surface area contributed by atoms with Crippen molar-refractivity contribution >= 4 is 143 Å². The van der Waals surface area contributed by atoms with E-state index in [0.717, 1.165) is 117 Å². The molecule has 0 unspecified atom stereocenters. The first-order valence-corrected chi connectivity index (χ1v) is 32.2. The van der Waals surface area contributed by atoms with Crippen LogP contribution < -0.4 is 9.80 Å². The highest BCUT2D eigenvalue weighted by Crippen LogP contribution is 2.48. The van der Waals surface area contributed by atoms with Gasteiger partial charge in [0.2, 0.25) is 0 Å². The first-order valence-electron chi connectivity index (χ1n) is 32.2. The van der Waals surface area contributed by atoms with Crippen LogP contribution in [0.25, 0.3) is 153 Å². The SMILES string of the molecule is c1ccc(-c2cccc(N(c3ccc(-c4cccc5c4oc4ccc(-c6ccc7oc8c(-c9ccc(N(c%10ccccc%10)c%10cc%11ccc%12ccccc%12c%11c%11ccccc%10%11)cc9)cccc8c7c6)cc45)cc3)c3cc4ccc5ccccc5c4c4ccccc34)c2)cc1. The molecule has 0 fully saturated rings. The summed E-state index contributed by atoms with van der Waals surface area (Å²) in [5.74, 6) is 0. The average Bonchev–Trinajstić information content (AvgIpc) is 0.959. The lowest BCUT2D eigenvalue weighted by molar-refractivity contribution is 0.669. The standard InChI is InChI=1S/C90H56N2O2/c1-3-18-57(19-4-1)62-22-15-25-70(52-62)92(84-56-66-39-37-59-21-8-10-27-72(59)88(66)78-31-14-12-29-76(78)84)69-48-42-61(43-49-69)74-33-17-35-80-82-54-64(45-51-86(82)94-90(74)80)63-44-50-85-81(53-63)79-34-16-32-73(89(79)93-85)60-40-46-68(47-41-60)91(67-23-5-2-6-24-67)83-55-65-38-36-58-20-7-9-26-71(58)87(65)77-30-13-11-28-75(77)83/h1-56H. The molecular formula is C90H56N2O2. The van der Waals surface area contributed by atoms with Gasteiger partial charge in [-0.15, -0.1) is 0 Å². The van der Waals surface area contributed by atoms with Crippen LogP contribution in [0.15, 0.2) is 349 Å². The van der Waals surface area contributed by atoms with Gasteiger partial charge in [-0.05, 0) is 172 Å². The van der Waals surface area contributed by atoms with E-state index in [1.54, 1.807) is 0 Å². The van der Waals surface area contributed by atoms with Gasteiger partial charge in [-0.25, -0.2) is 0 Å². The normalized spacial score (nSPS) is 11.8. The molecule has 438 valence electrons. The molecule has 94 heavy (non-hydrogen) atoms. The van der Waals surface area contributed by atoms with Gasteiger partial charge in [-0.2, -0.15) is 0 Å². The second kappa shape index (κ2) is 21.6. The molecule has 19 rings (SSSR count). The average molecular weight is 1200 g/mol. The van der Waals surface area contributed by atoms with Crippen molar-refractivity contribution in [1.82, 2.24) is 0 Å². The van der Waals surface area contributed by atoms with Gasteiger partial charge in [0.15, 0.2) is 0 Å². The molecule has 0 N–H and O–H groups in total. The van der Waals surface area contributed by atoms with E-state index in [1.807, 2.05) is 0 Å². The summed E-state index contributed by atoms with van der Waals surface area (Å²) >= 11 is 0. The summed E-state index contributed by atoms with van der Waals surface area (Å²) in [6.07, 6.45) is 0. The van der Waals surface area contributed by atoms with Gasteiger partial charge in [0.25, 0.3) is 0 Å². The lowest BCUT2D eigenvalue weighted by Gasteiger charge is -2.28. The van der Waals surface area contributed by atoms with E-state index in [0.29, 0.717) is 0 Å². The van der Waals surface area contributed by atoms with Crippen LogP contribution in [0.1, 0.15) is 0 Å². The minimum Gasteiger partial charge on any atom is -0.455 e. The maximum absolute atomic E-state index is 6.87. The number of hydrogen-bond donors (Lipinski definition) is 0. The van der Waals surface area contributed by atoms with Crippen molar-refractivity contribution in [1.29, 1.82) is 0 Å². The zero-order valence-electron chi connectivity index (χ0n) is 51.0. The fraction of sp³-hybridized carbons (Fsp3) is 0. The Morgan fingerprint density at radius 3 is 1.06 bits per heavy atom. The summed E-state index contributed by atoms with van der Waals surface area (Å²) < 4.78 is 13.7. The first-order chi connectivity index (χ1) is 46.6. The molecule has 0 saturated carbocycles. The first kappa shape index (κ1) is 53.3. The summed E-state index contributed by atoms with van der Waals surface area (Å²) in [7, 11) is 0. The van der Waals surface area contributed by atoms with Crippen LogP contribution in [0.4, 0.5) is 34.1 Å². The fourth-order valence-corrected chi connectivity index (χ4v) is 15.0. The van der Waals surface area contributed by atoms with Gasteiger partial charge in [-0.1, -0.05) is 255 Å². The second-order valence-corrected chi connectivity index (χ2v) is 24.7. The van der Waals surface area contributed by atoms with Crippen LogP contribution in [0.3, 0.4) is 0 Å². The molecule has 0 radical (unpaired) electrons. The molecular weight excluding hydrogens is 1140 g/mol. The maximum Gasteiger partial charge on any atom is 0.143 e.